The SMILES string of the molecule is Cc1nc2ccccc2n1C1CCN(c2ncnc3[nH]ccc23)CC1. The predicted octanol–water partition coefficient (Wildman–Crippen LogP) is 3.46. The zero-order chi connectivity index (χ0) is 16.8. The van der Waals surface area contributed by atoms with Gasteiger partial charge in [-0.05, 0) is 38.0 Å². The Morgan fingerprint density at radius 1 is 1.08 bits per heavy atom. The van der Waals surface area contributed by atoms with Gasteiger partial charge in [-0.2, -0.15) is 0 Å². The van der Waals surface area contributed by atoms with Gasteiger partial charge in [-0.1, -0.05) is 12.1 Å². The molecule has 0 unspecified atom stereocenters. The molecular formula is C19H20N6. The number of aromatic nitrogens is 5. The van der Waals surface area contributed by atoms with E-state index in [2.05, 4.69) is 61.7 Å². The first-order valence-corrected chi connectivity index (χ1v) is 8.78. The van der Waals surface area contributed by atoms with Crippen molar-refractivity contribution in [2.24, 2.45) is 0 Å². The van der Waals surface area contributed by atoms with Crippen molar-refractivity contribution in [1.82, 2.24) is 24.5 Å². The predicted molar refractivity (Wildman–Crippen MR) is 98.8 cm³/mol. The van der Waals surface area contributed by atoms with Crippen LogP contribution in [0.25, 0.3) is 22.1 Å². The van der Waals surface area contributed by atoms with Gasteiger partial charge >= 0.3 is 0 Å². The largest absolute Gasteiger partial charge is 0.356 e. The Bertz CT molecular complexity index is 1040. The Balaban J connectivity index is 1.43. The molecule has 1 aliphatic heterocycles. The van der Waals surface area contributed by atoms with Gasteiger partial charge in [-0.25, -0.2) is 15.0 Å². The van der Waals surface area contributed by atoms with E-state index in [1.165, 1.54) is 5.52 Å². The first-order chi connectivity index (χ1) is 12.3. The van der Waals surface area contributed by atoms with Gasteiger partial charge in [0.15, 0.2) is 0 Å². The van der Waals surface area contributed by atoms with Crippen LogP contribution < -0.4 is 4.90 Å². The van der Waals surface area contributed by atoms with Crippen LogP contribution in [0.2, 0.25) is 0 Å². The van der Waals surface area contributed by atoms with Crippen LogP contribution in [0.1, 0.15) is 24.7 Å². The molecule has 1 aliphatic rings. The second-order valence-corrected chi connectivity index (χ2v) is 6.67. The van der Waals surface area contributed by atoms with E-state index in [1.807, 2.05) is 6.20 Å². The van der Waals surface area contributed by atoms with Gasteiger partial charge in [0, 0.05) is 25.3 Å². The maximum Gasteiger partial charge on any atom is 0.142 e. The molecule has 0 amide bonds. The molecule has 1 saturated heterocycles. The molecule has 4 heterocycles. The molecule has 0 radical (unpaired) electrons. The fourth-order valence-electron chi connectivity index (χ4n) is 4.07. The number of fused-ring (bicyclic) bond motifs is 2. The molecule has 0 aliphatic carbocycles. The summed E-state index contributed by atoms with van der Waals surface area (Å²) in [6, 6.07) is 11.0. The van der Waals surface area contributed by atoms with Gasteiger partial charge < -0.3 is 14.5 Å². The van der Waals surface area contributed by atoms with Gasteiger partial charge in [0.25, 0.3) is 0 Å². The third-order valence-corrected chi connectivity index (χ3v) is 5.23. The number of hydrogen-bond donors (Lipinski definition) is 1. The number of aromatic amines is 1. The lowest BCUT2D eigenvalue weighted by Crippen LogP contribution is -2.35. The quantitative estimate of drug-likeness (QED) is 0.611. The fraction of sp³-hybridized carbons (Fsp3) is 0.316. The van der Waals surface area contributed by atoms with Crippen molar-refractivity contribution in [1.29, 1.82) is 0 Å². The summed E-state index contributed by atoms with van der Waals surface area (Å²) in [5, 5.41) is 1.10. The molecule has 1 N–H and O–H groups in total. The summed E-state index contributed by atoms with van der Waals surface area (Å²) in [5.41, 5.74) is 3.24. The van der Waals surface area contributed by atoms with Crippen molar-refractivity contribution in [2.75, 3.05) is 18.0 Å². The molecular weight excluding hydrogens is 312 g/mol. The van der Waals surface area contributed by atoms with Gasteiger partial charge in [0.05, 0.1) is 16.4 Å². The van der Waals surface area contributed by atoms with Crippen LogP contribution in [0.5, 0.6) is 0 Å². The van der Waals surface area contributed by atoms with Gasteiger partial charge in [-0.3, -0.25) is 0 Å². The first-order valence-electron chi connectivity index (χ1n) is 8.78. The van der Waals surface area contributed by atoms with Crippen LogP contribution in [0.15, 0.2) is 42.9 Å². The Hall–Kier alpha value is -2.89. The summed E-state index contributed by atoms with van der Waals surface area (Å²) in [6.07, 6.45) is 5.76. The van der Waals surface area contributed by atoms with Crippen molar-refractivity contribution in [3.63, 3.8) is 0 Å². The molecule has 6 nitrogen and oxygen atoms in total. The number of rotatable bonds is 2. The van der Waals surface area contributed by atoms with Crippen molar-refractivity contribution in [2.45, 2.75) is 25.8 Å². The number of anilines is 1. The van der Waals surface area contributed by atoms with E-state index < -0.39 is 0 Å². The zero-order valence-corrected chi connectivity index (χ0v) is 14.2. The van der Waals surface area contributed by atoms with Crippen molar-refractivity contribution < 1.29 is 0 Å². The monoisotopic (exact) mass is 332 g/mol. The van der Waals surface area contributed by atoms with Gasteiger partial charge in [0.2, 0.25) is 0 Å². The van der Waals surface area contributed by atoms with Crippen LogP contribution >= 0.6 is 0 Å². The third kappa shape index (κ3) is 2.28. The minimum Gasteiger partial charge on any atom is -0.356 e. The number of benzene rings is 1. The number of H-pyrrole nitrogens is 1. The number of hydrogen-bond acceptors (Lipinski definition) is 4. The molecule has 5 rings (SSSR count). The number of nitrogens with zero attached hydrogens (tertiary/aromatic N) is 5. The molecule has 0 spiro atoms. The number of nitrogens with one attached hydrogen (secondary N) is 1. The second kappa shape index (κ2) is 5.58. The second-order valence-electron chi connectivity index (χ2n) is 6.67. The Kier molecular flexibility index (Phi) is 3.23. The van der Waals surface area contributed by atoms with Crippen LogP contribution in [0.4, 0.5) is 5.82 Å². The highest BCUT2D eigenvalue weighted by Crippen LogP contribution is 2.31. The lowest BCUT2D eigenvalue weighted by molar-refractivity contribution is 0.397. The van der Waals surface area contributed by atoms with Crippen LogP contribution in [0.3, 0.4) is 0 Å². The topological polar surface area (TPSA) is 62.6 Å². The van der Waals surface area contributed by atoms with E-state index >= 15 is 0 Å². The summed E-state index contributed by atoms with van der Waals surface area (Å²) in [4.78, 5) is 19.1. The average molecular weight is 332 g/mol. The molecule has 0 bridgehead atoms. The maximum atomic E-state index is 4.72. The Morgan fingerprint density at radius 3 is 2.80 bits per heavy atom. The molecule has 126 valence electrons. The zero-order valence-electron chi connectivity index (χ0n) is 14.2. The smallest absolute Gasteiger partial charge is 0.142 e. The minimum atomic E-state index is 0.493. The number of imidazole rings is 1. The van der Waals surface area contributed by atoms with Crippen molar-refractivity contribution >= 4 is 27.9 Å². The Labute approximate surface area is 145 Å². The normalized spacial score (nSPS) is 16.1. The highest BCUT2D eigenvalue weighted by atomic mass is 15.2. The lowest BCUT2D eigenvalue weighted by Gasteiger charge is -2.34. The minimum absolute atomic E-state index is 0.493. The molecule has 1 fully saturated rings. The fourth-order valence-corrected chi connectivity index (χ4v) is 4.07. The summed E-state index contributed by atoms with van der Waals surface area (Å²) < 4.78 is 2.42. The highest BCUT2D eigenvalue weighted by molar-refractivity contribution is 5.87. The number of para-hydroxylation sites is 2. The molecule has 3 aromatic heterocycles. The molecule has 0 atom stereocenters. The highest BCUT2D eigenvalue weighted by Gasteiger charge is 2.25. The maximum absolute atomic E-state index is 4.72. The van der Waals surface area contributed by atoms with Gasteiger partial charge in [0.1, 0.15) is 23.6 Å². The van der Waals surface area contributed by atoms with E-state index in [9.17, 15) is 0 Å². The molecule has 6 heteroatoms. The lowest BCUT2D eigenvalue weighted by atomic mass is 10.0. The van der Waals surface area contributed by atoms with Crippen LogP contribution in [0, 0.1) is 6.92 Å². The standard InChI is InChI=1S/C19H20N6/c1-13-23-16-4-2-3-5-17(16)25(13)14-7-10-24(11-8-14)19-15-6-9-20-18(15)21-12-22-19/h2-6,9,12,14H,7-8,10-11H2,1H3,(H,20,21,22). The van der Waals surface area contributed by atoms with Crippen molar-refractivity contribution in [3.8, 4) is 0 Å². The Morgan fingerprint density at radius 2 is 1.92 bits per heavy atom. The first kappa shape index (κ1) is 14.5. The van der Waals surface area contributed by atoms with Gasteiger partial charge in [-0.15, -0.1) is 0 Å². The van der Waals surface area contributed by atoms with E-state index in [0.29, 0.717) is 6.04 Å². The van der Waals surface area contributed by atoms with E-state index in [4.69, 9.17) is 4.98 Å². The molecule has 0 saturated carbocycles. The average Bonchev–Trinajstić information content (AvgIpc) is 3.25. The molecule has 4 aromatic rings. The summed E-state index contributed by atoms with van der Waals surface area (Å²) >= 11 is 0. The number of aryl methyl sites for hydroxylation is 1. The summed E-state index contributed by atoms with van der Waals surface area (Å²) in [7, 11) is 0. The third-order valence-electron chi connectivity index (χ3n) is 5.23. The van der Waals surface area contributed by atoms with E-state index in [0.717, 1.165) is 54.1 Å². The van der Waals surface area contributed by atoms with E-state index in [-0.39, 0.29) is 0 Å². The molecule has 25 heavy (non-hydrogen) atoms. The van der Waals surface area contributed by atoms with Crippen molar-refractivity contribution in [3.05, 3.63) is 48.7 Å². The van der Waals surface area contributed by atoms with E-state index in [1.54, 1.807) is 6.33 Å². The van der Waals surface area contributed by atoms with Crippen LogP contribution in [-0.2, 0) is 0 Å². The van der Waals surface area contributed by atoms with Crippen LogP contribution in [-0.4, -0.2) is 37.6 Å². The number of piperidine rings is 1. The molecule has 1 aromatic carbocycles. The summed E-state index contributed by atoms with van der Waals surface area (Å²) in [6.45, 7) is 4.10. The summed E-state index contributed by atoms with van der Waals surface area (Å²) in [5.74, 6) is 2.15.